The molecule has 7 nitrogen and oxygen atoms in total. The number of likely N-dealkylation sites (N-methyl/N-ethyl adjacent to an activating group) is 1. The summed E-state index contributed by atoms with van der Waals surface area (Å²) in [4.78, 5) is 41.4. The van der Waals surface area contributed by atoms with Gasteiger partial charge in [-0.3, -0.25) is 14.4 Å². The summed E-state index contributed by atoms with van der Waals surface area (Å²) in [5.41, 5.74) is 2.31. The van der Waals surface area contributed by atoms with Gasteiger partial charge in [-0.2, -0.15) is 0 Å². The number of benzene rings is 2. The lowest BCUT2D eigenvalue weighted by Gasteiger charge is -2.35. The second-order valence-electron chi connectivity index (χ2n) is 7.43. The normalized spacial score (nSPS) is 15.9. The fourth-order valence-electron chi connectivity index (χ4n) is 3.74. The van der Waals surface area contributed by atoms with Crippen molar-refractivity contribution in [3.8, 4) is 0 Å². The summed E-state index contributed by atoms with van der Waals surface area (Å²) in [7, 11) is 1.66. The number of carbonyl (C=O) groups is 3. The maximum Gasteiger partial charge on any atom is 0.313 e. The molecule has 1 N–H and O–H groups in total. The van der Waals surface area contributed by atoms with Gasteiger partial charge in [0.05, 0.1) is 6.42 Å². The quantitative estimate of drug-likeness (QED) is 0.565. The molecular formula is C21H19ClF2N4O3. The summed E-state index contributed by atoms with van der Waals surface area (Å²) >= 11 is 5.52. The van der Waals surface area contributed by atoms with Crippen molar-refractivity contribution in [1.29, 1.82) is 0 Å². The van der Waals surface area contributed by atoms with Crippen molar-refractivity contribution in [2.45, 2.75) is 6.42 Å². The third kappa shape index (κ3) is 4.05. The van der Waals surface area contributed by atoms with Crippen LogP contribution in [0.15, 0.2) is 30.3 Å². The molecule has 0 radical (unpaired) electrons. The number of nitrogens with one attached hydrogen (secondary N) is 1. The van der Waals surface area contributed by atoms with Gasteiger partial charge in [0.15, 0.2) is 0 Å². The number of rotatable bonds is 2. The molecule has 0 aliphatic carbocycles. The minimum atomic E-state index is -0.851. The van der Waals surface area contributed by atoms with Gasteiger partial charge in [0, 0.05) is 50.3 Å². The van der Waals surface area contributed by atoms with Crippen LogP contribution in [0.5, 0.6) is 0 Å². The van der Waals surface area contributed by atoms with E-state index in [1.165, 1.54) is 9.80 Å². The minimum Gasteiger partial charge on any atom is -0.368 e. The van der Waals surface area contributed by atoms with Gasteiger partial charge >= 0.3 is 11.8 Å². The maximum atomic E-state index is 13.7. The fraction of sp³-hybridized carbons (Fsp3) is 0.286. The van der Waals surface area contributed by atoms with Crippen molar-refractivity contribution in [2.75, 3.05) is 48.3 Å². The Bertz CT molecular complexity index is 1060. The van der Waals surface area contributed by atoms with E-state index in [9.17, 15) is 23.2 Å². The van der Waals surface area contributed by atoms with Crippen LogP contribution in [0.2, 0.25) is 5.02 Å². The van der Waals surface area contributed by atoms with Gasteiger partial charge in [0.2, 0.25) is 5.91 Å². The Morgan fingerprint density at radius 2 is 1.68 bits per heavy atom. The SMILES string of the molecule is CN1C(=O)Cc2ccc(NC(=O)C(=O)N3CCN(c4cc(F)c(Cl)c(F)c4)CC3)cc21. The largest absolute Gasteiger partial charge is 0.368 e. The molecule has 0 bridgehead atoms. The summed E-state index contributed by atoms with van der Waals surface area (Å²) in [6, 6.07) is 7.35. The zero-order valence-corrected chi connectivity index (χ0v) is 17.4. The summed E-state index contributed by atoms with van der Waals surface area (Å²) in [5, 5.41) is 2.01. The molecule has 31 heavy (non-hydrogen) atoms. The zero-order valence-electron chi connectivity index (χ0n) is 16.6. The fourth-order valence-corrected chi connectivity index (χ4v) is 3.85. The number of hydrogen-bond donors (Lipinski definition) is 1. The van der Waals surface area contributed by atoms with Crippen molar-refractivity contribution in [3.05, 3.63) is 52.6 Å². The second kappa shape index (κ2) is 8.14. The van der Waals surface area contributed by atoms with Crippen molar-refractivity contribution in [2.24, 2.45) is 0 Å². The first-order valence-electron chi connectivity index (χ1n) is 9.64. The number of halogens is 3. The number of piperazine rings is 1. The van der Waals surface area contributed by atoms with Crippen molar-refractivity contribution < 1.29 is 23.2 Å². The van der Waals surface area contributed by atoms with Crippen LogP contribution in [-0.2, 0) is 20.8 Å². The molecule has 1 fully saturated rings. The lowest BCUT2D eigenvalue weighted by molar-refractivity contribution is -0.143. The van der Waals surface area contributed by atoms with Crippen LogP contribution in [0.4, 0.5) is 25.8 Å². The van der Waals surface area contributed by atoms with Gasteiger partial charge in [-0.1, -0.05) is 17.7 Å². The average molecular weight is 449 g/mol. The molecule has 2 aliphatic heterocycles. The number of hydrogen-bond acceptors (Lipinski definition) is 4. The van der Waals surface area contributed by atoms with E-state index in [-0.39, 0.29) is 19.0 Å². The highest BCUT2D eigenvalue weighted by atomic mass is 35.5. The van der Waals surface area contributed by atoms with Crippen molar-refractivity contribution in [1.82, 2.24) is 4.90 Å². The molecule has 2 aliphatic rings. The monoisotopic (exact) mass is 448 g/mol. The average Bonchev–Trinajstić information content (AvgIpc) is 3.04. The molecule has 4 rings (SSSR count). The molecule has 0 spiro atoms. The molecular weight excluding hydrogens is 430 g/mol. The van der Waals surface area contributed by atoms with E-state index in [1.807, 2.05) is 0 Å². The summed E-state index contributed by atoms with van der Waals surface area (Å²) in [6.45, 7) is 1.07. The Labute approximate surface area is 182 Å². The Morgan fingerprint density at radius 3 is 2.32 bits per heavy atom. The summed E-state index contributed by atoms with van der Waals surface area (Å²) in [6.07, 6.45) is 0.310. The first-order valence-corrected chi connectivity index (χ1v) is 10.0. The second-order valence-corrected chi connectivity index (χ2v) is 7.81. The Kier molecular flexibility index (Phi) is 5.53. The van der Waals surface area contributed by atoms with E-state index in [0.717, 1.165) is 17.7 Å². The first kappa shape index (κ1) is 21.0. The van der Waals surface area contributed by atoms with Crippen LogP contribution in [0.25, 0.3) is 0 Å². The predicted molar refractivity (Wildman–Crippen MR) is 112 cm³/mol. The zero-order chi connectivity index (χ0) is 22.3. The van der Waals surface area contributed by atoms with Gasteiger partial charge in [-0.15, -0.1) is 0 Å². The molecule has 1 saturated heterocycles. The Morgan fingerprint density at radius 1 is 1.03 bits per heavy atom. The first-order chi connectivity index (χ1) is 14.7. The van der Waals surface area contributed by atoms with Gasteiger partial charge in [-0.05, 0) is 29.8 Å². The lowest BCUT2D eigenvalue weighted by atomic mass is 10.1. The van der Waals surface area contributed by atoms with Crippen LogP contribution in [0.3, 0.4) is 0 Å². The van der Waals surface area contributed by atoms with Crippen LogP contribution >= 0.6 is 11.6 Å². The lowest BCUT2D eigenvalue weighted by Crippen LogP contribution is -2.51. The topological polar surface area (TPSA) is 73.0 Å². The molecule has 2 aromatic carbocycles. The van der Waals surface area contributed by atoms with E-state index in [1.54, 1.807) is 30.1 Å². The maximum absolute atomic E-state index is 13.7. The van der Waals surface area contributed by atoms with Crippen LogP contribution < -0.4 is 15.1 Å². The highest BCUT2D eigenvalue weighted by Gasteiger charge is 2.28. The molecule has 0 atom stereocenters. The molecule has 10 heteroatoms. The Balaban J connectivity index is 1.37. The minimum absolute atomic E-state index is 0.0344. The van der Waals surface area contributed by atoms with Gasteiger partial charge in [0.1, 0.15) is 16.7 Å². The van der Waals surface area contributed by atoms with E-state index in [4.69, 9.17) is 11.6 Å². The summed E-state index contributed by atoms with van der Waals surface area (Å²) in [5.74, 6) is -3.22. The molecule has 0 saturated carbocycles. The van der Waals surface area contributed by atoms with Gasteiger partial charge in [-0.25, -0.2) is 8.78 Å². The van der Waals surface area contributed by atoms with Crippen molar-refractivity contribution in [3.63, 3.8) is 0 Å². The molecule has 0 unspecified atom stereocenters. The van der Waals surface area contributed by atoms with Gasteiger partial charge < -0.3 is 20.0 Å². The van der Waals surface area contributed by atoms with E-state index < -0.39 is 28.5 Å². The highest BCUT2D eigenvalue weighted by molar-refractivity contribution is 6.39. The number of carbonyl (C=O) groups excluding carboxylic acids is 3. The molecule has 2 heterocycles. The van der Waals surface area contributed by atoms with E-state index >= 15 is 0 Å². The van der Waals surface area contributed by atoms with Gasteiger partial charge in [0.25, 0.3) is 0 Å². The van der Waals surface area contributed by atoms with Crippen LogP contribution in [0, 0.1) is 11.6 Å². The third-order valence-electron chi connectivity index (χ3n) is 5.52. The Hall–Kier alpha value is -3.20. The number of anilines is 3. The molecule has 3 amide bonds. The number of nitrogens with zero attached hydrogens (tertiary/aromatic N) is 3. The predicted octanol–water partition coefficient (Wildman–Crippen LogP) is 2.42. The molecule has 162 valence electrons. The molecule has 0 aromatic heterocycles. The van der Waals surface area contributed by atoms with E-state index in [0.29, 0.717) is 36.6 Å². The number of fused-ring (bicyclic) bond motifs is 1. The smallest absolute Gasteiger partial charge is 0.313 e. The van der Waals surface area contributed by atoms with Crippen molar-refractivity contribution >= 4 is 46.4 Å². The summed E-state index contributed by atoms with van der Waals surface area (Å²) < 4.78 is 27.4. The van der Waals surface area contributed by atoms with E-state index in [2.05, 4.69) is 5.32 Å². The van der Waals surface area contributed by atoms with Crippen LogP contribution in [-0.4, -0.2) is 55.8 Å². The highest BCUT2D eigenvalue weighted by Crippen LogP contribution is 2.30. The number of amides is 3. The molecule has 2 aromatic rings. The third-order valence-corrected chi connectivity index (χ3v) is 5.88. The van der Waals surface area contributed by atoms with Crippen LogP contribution in [0.1, 0.15) is 5.56 Å². The standard InChI is InChI=1S/C21H19ClF2N4O3/c1-26-17-9-13(3-2-12(17)8-18(26)29)25-20(30)21(31)28-6-4-27(5-7-28)14-10-15(23)19(22)16(24)11-14/h2-3,9-11H,4-8H2,1H3,(H,25,30).